The maximum Gasteiger partial charge on any atom is 0.147 e. The van der Waals surface area contributed by atoms with Crippen molar-refractivity contribution < 1.29 is 0 Å². The summed E-state index contributed by atoms with van der Waals surface area (Å²) in [4.78, 5) is 9.61. The lowest BCUT2D eigenvalue weighted by Crippen LogP contribution is -2.18. The van der Waals surface area contributed by atoms with Gasteiger partial charge in [0.15, 0.2) is 0 Å². The second-order valence-electron chi connectivity index (χ2n) is 2.08. The SMILES string of the molecule is CN(CC#N)c1cnccn1. The normalized spacial score (nSPS) is 8.73. The van der Waals surface area contributed by atoms with E-state index in [1.807, 2.05) is 6.07 Å². The van der Waals surface area contributed by atoms with Crippen LogP contribution in [0.1, 0.15) is 0 Å². The van der Waals surface area contributed by atoms with Crippen molar-refractivity contribution in [3.8, 4) is 6.07 Å². The fraction of sp³-hybridized carbons (Fsp3) is 0.286. The minimum atomic E-state index is 0.332. The van der Waals surface area contributed by atoms with Crippen molar-refractivity contribution in [3.63, 3.8) is 0 Å². The molecule has 0 saturated heterocycles. The summed E-state index contributed by atoms with van der Waals surface area (Å²) in [6, 6.07) is 2.02. The molecule has 0 radical (unpaired) electrons. The van der Waals surface area contributed by atoms with E-state index >= 15 is 0 Å². The number of rotatable bonds is 2. The minimum absolute atomic E-state index is 0.332. The molecular formula is C7H8N4. The molecule has 0 fully saturated rings. The Morgan fingerprint density at radius 1 is 1.64 bits per heavy atom. The van der Waals surface area contributed by atoms with Crippen LogP contribution in [0.3, 0.4) is 0 Å². The molecular weight excluding hydrogens is 140 g/mol. The first kappa shape index (κ1) is 7.48. The van der Waals surface area contributed by atoms with E-state index in [-0.39, 0.29) is 0 Å². The van der Waals surface area contributed by atoms with Gasteiger partial charge in [-0.1, -0.05) is 0 Å². The average Bonchev–Trinajstić information content (AvgIpc) is 2.07. The first-order valence-corrected chi connectivity index (χ1v) is 3.18. The molecule has 0 unspecified atom stereocenters. The van der Waals surface area contributed by atoms with E-state index in [2.05, 4.69) is 9.97 Å². The van der Waals surface area contributed by atoms with E-state index in [4.69, 9.17) is 5.26 Å². The fourth-order valence-corrected chi connectivity index (χ4v) is 0.675. The summed E-state index contributed by atoms with van der Waals surface area (Å²) < 4.78 is 0. The second kappa shape index (κ2) is 3.52. The van der Waals surface area contributed by atoms with Gasteiger partial charge in [0.1, 0.15) is 12.4 Å². The van der Waals surface area contributed by atoms with E-state index in [0.717, 1.165) is 0 Å². The molecule has 0 aliphatic carbocycles. The third kappa shape index (κ3) is 1.90. The Kier molecular flexibility index (Phi) is 2.39. The van der Waals surface area contributed by atoms with Gasteiger partial charge in [-0.15, -0.1) is 0 Å². The Balaban J connectivity index is 2.70. The quantitative estimate of drug-likeness (QED) is 0.571. The van der Waals surface area contributed by atoms with Crippen LogP contribution in [-0.4, -0.2) is 23.6 Å². The monoisotopic (exact) mass is 148 g/mol. The van der Waals surface area contributed by atoms with E-state index in [9.17, 15) is 0 Å². The molecule has 0 aromatic carbocycles. The number of anilines is 1. The van der Waals surface area contributed by atoms with Crippen LogP contribution in [0.15, 0.2) is 18.6 Å². The van der Waals surface area contributed by atoms with Crippen LogP contribution in [-0.2, 0) is 0 Å². The van der Waals surface area contributed by atoms with Crippen molar-refractivity contribution in [2.45, 2.75) is 0 Å². The summed E-state index contributed by atoms with van der Waals surface area (Å²) in [5.41, 5.74) is 0. The fourth-order valence-electron chi connectivity index (χ4n) is 0.675. The zero-order valence-electron chi connectivity index (χ0n) is 6.23. The van der Waals surface area contributed by atoms with Gasteiger partial charge in [0.05, 0.1) is 12.3 Å². The predicted octanol–water partition coefficient (Wildman–Crippen LogP) is 0.436. The van der Waals surface area contributed by atoms with Crippen molar-refractivity contribution >= 4 is 5.82 Å². The maximum absolute atomic E-state index is 8.36. The van der Waals surface area contributed by atoms with Crippen LogP contribution in [0.4, 0.5) is 5.82 Å². The highest BCUT2D eigenvalue weighted by atomic mass is 15.2. The molecule has 4 heteroatoms. The molecule has 4 nitrogen and oxygen atoms in total. The molecule has 1 heterocycles. The Morgan fingerprint density at radius 2 is 2.45 bits per heavy atom. The highest BCUT2D eigenvalue weighted by Crippen LogP contribution is 2.02. The molecule has 11 heavy (non-hydrogen) atoms. The Labute approximate surface area is 65.1 Å². The van der Waals surface area contributed by atoms with Crippen LogP contribution in [0.5, 0.6) is 0 Å². The summed E-state index contributed by atoms with van der Waals surface area (Å²) in [6.07, 6.45) is 4.82. The molecule has 0 spiro atoms. The van der Waals surface area contributed by atoms with Gasteiger partial charge in [0.25, 0.3) is 0 Å². The number of aromatic nitrogens is 2. The van der Waals surface area contributed by atoms with Crippen molar-refractivity contribution in [2.75, 3.05) is 18.5 Å². The molecule has 56 valence electrons. The molecule has 0 aliphatic heterocycles. The Morgan fingerprint density at radius 3 is 3.00 bits per heavy atom. The zero-order chi connectivity index (χ0) is 8.10. The molecule has 0 atom stereocenters. The van der Waals surface area contributed by atoms with Crippen molar-refractivity contribution in [3.05, 3.63) is 18.6 Å². The van der Waals surface area contributed by atoms with Crippen LogP contribution in [0.25, 0.3) is 0 Å². The van der Waals surface area contributed by atoms with Gasteiger partial charge in [0, 0.05) is 19.4 Å². The van der Waals surface area contributed by atoms with Crippen LogP contribution in [0.2, 0.25) is 0 Å². The second-order valence-corrected chi connectivity index (χ2v) is 2.08. The van der Waals surface area contributed by atoms with Gasteiger partial charge in [-0.05, 0) is 0 Å². The number of nitriles is 1. The van der Waals surface area contributed by atoms with E-state index in [1.165, 1.54) is 0 Å². The summed E-state index contributed by atoms with van der Waals surface area (Å²) in [7, 11) is 1.80. The van der Waals surface area contributed by atoms with Crippen LogP contribution >= 0.6 is 0 Å². The molecule has 1 aromatic rings. The lowest BCUT2D eigenvalue weighted by atomic mass is 10.5. The van der Waals surface area contributed by atoms with Gasteiger partial charge in [-0.3, -0.25) is 4.98 Å². The van der Waals surface area contributed by atoms with Gasteiger partial charge in [-0.2, -0.15) is 5.26 Å². The summed E-state index contributed by atoms with van der Waals surface area (Å²) in [6.45, 7) is 0.332. The number of hydrogen-bond donors (Lipinski definition) is 0. The Bertz CT molecular complexity index is 251. The molecule has 1 aromatic heterocycles. The summed E-state index contributed by atoms with van der Waals surface area (Å²) >= 11 is 0. The zero-order valence-corrected chi connectivity index (χ0v) is 6.23. The van der Waals surface area contributed by atoms with Crippen LogP contribution < -0.4 is 4.90 Å². The maximum atomic E-state index is 8.36. The van der Waals surface area contributed by atoms with E-state index in [1.54, 1.807) is 30.5 Å². The number of nitrogens with zero attached hydrogens (tertiary/aromatic N) is 4. The molecule has 0 amide bonds. The Hall–Kier alpha value is -1.63. The molecule has 0 bridgehead atoms. The van der Waals surface area contributed by atoms with Crippen molar-refractivity contribution in [1.29, 1.82) is 5.26 Å². The van der Waals surface area contributed by atoms with E-state index < -0.39 is 0 Å². The van der Waals surface area contributed by atoms with Gasteiger partial charge < -0.3 is 4.90 Å². The third-order valence-electron chi connectivity index (χ3n) is 1.25. The highest BCUT2D eigenvalue weighted by Gasteiger charge is 1.98. The van der Waals surface area contributed by atoms with Crippen molar-refractivity contribution in [2.24, 2.45) is 0 Å². The van der Waals surface area contributed by atoms with Gasteiger partial charge in [-0.25, -0.2) is 4.98 Å². The smallest absolute Gasteiger partial charge is 0.147 e. The topological polar surface area (TPSA) is 52.8 Å². The average molecular weight is 148 g/mol. The molecule has 0 N–H and O–H groups in total. The van der Waals surface area contributed by atoms with Crippen LogP contribution in [0, 0.1) is 11.3 Å². The largest absolute Gasteiger partial charge is 0.345 e. The lowest BCUT2D eigenvalue weighted by Gasteiger charge is -2.11. The summed E-state index contributed by atoms with van der Waals surface area (Å²) in [5, 5.41) is 8.36. The standard InChI is InChI=1S/C7H8N4/c1-11(5-2-8)7-6-9-3-4-10-7/h3-4,6H,5H2,1H3. The summed E-state index contributed by atoms with van der Waals surface area (Å²) in [5.74, 6) is 0.717. The van der Waals surface area contributed by atoms with Gasteiger partial charge >= 0.3 is 0 Å². The molecule has 0 aliphatic rings. The molecule has 0 saturated carbocycles. The third-order valence-corrected chi connectivity index (χ3v) is 1.25. The molecule has 1 rings (SSSR count). The van der Waals surface area contributed by atoms with Crippen molar-refractivity contribution in [1.82, 2.24) is 9.97 Å². The minimum Gasteiger partial charge on any atom is -0.345 e. The number of hydrogen-bond acceptors (Lipinski definition) is 4. The lowest BCUT2D eigenvalue weighted by molar-refractivity contribution is 0.980. The van der Waals surface area contributed by atoms with E-state index in [0.29, 0.717) is 12.4 Å². The van der Waals surface area contributed by atoms with Gasteiger partial charge in [0.2, 0.25) is 0 Å². The first-order chi connectivity index (χ1) is 5.34. The highest BCUT2D eigenvalue weighted by molar-refractivity contribution is 5.34. The predicted molar refractivity (Wildman–Crippen MR) is 40.9 cm³/mol. The first-order valence-electron chi connectivity index (χ1n) is 3.18.